The molecular weight excluding hydrogens is 616 g/mol. The summed E-state index contributed by atoms with van der Waals surface area (Å²) in [6.45, 7) is 2.56. The number of nitrogens with one attached hydrogen (secondary N) is 4. The molecule has 2 amide bonds. The van der Waals surface area contributed by atoms with Gasteiger partial charge in [0, 0.05) is 42.3 Å². The number of carbonyl (C=O) groups is 3. The van der Waals surface area contributed by atoms with Crippen molar-refractivity contribution in [2.45, 2.75) is 12.1 Å². The zero-order valence-corrected chi connectivity index (χ0v) is 25.6. The van der Waals surface area contributed by atoms with Crippen LogP contribution in [0.5, 0.6) is 5.75 Å². The number of methoxy groups -OCH3 is 1. The third-order valence-electron chi connectivity index (χ3n) is 7.53. The largest absolute Gasteiger partial charge is 0.490 e. The van der Waals surface area contributed by atoms with Crippen LogP contribution < -0.4 is 20.7 Å². The molecule has 248 valence electrons. The minimum Gasteiger partial charge on any atom is -0.490 e. The van der Waals surface area contributed by atoms with E-state index in [9.17, 15) is 23.2 Å². The molecule has 1 aliphatic heterocycles. The summed E-state index contributed by atoms with van der Waals surface area (Å²) in [6, 6.07) is 12.0. The van der Waals surface area contributed by atoms with Crippen LogP contribution in [0, 0.1) is 11.6 Å². The first-order chi connectivity index (χ1) is 22.9. The quantitative estimate of drug-likeness (QED) is 0.106. The fourth-order valence-electron chi connectivity index (χ4n) is 5.02. The van der Waals surface area contributed by atoms with Crippen molar-refractivity contribution in [3.8, 4) is 5.75 Å². The average Bonchev–Trinajstić information content (AvgIpc) is 3.74. The van der Waals surface area contributed by atoms with Gasteiger partial charge in [-0.3, -0.25) is 19.5 Å². The smallest absolute Gasteiger partial charge is 0.251 e. The predicted molar refractivity (Wildman–Crippen MR) is 167 cm³/mol. The highest BCUT2D eigenvalue weighted by molar-refractivity contribution is 6.11. The van der Waals surface area contributed by atoms with Gasteiger partial charge in [-0.2, -0.15) is 5.10 Å². The first-order valence-electron chi connectivity index (χ1n) is 15.0. The van der Waals surface area contributed by atoms with E-state index in [0.717, 1.165) is 17.0 Å². The molecule has 0 spiro atoms. The lowest BCUT2D eigenvalue weighted by Gasteiger charge is -2.21. The summed E-state index contributed by atoms with van der Waals surface area (Å²) >= 11 is 0. The van der Waals surface area contributed by atoms with E-state index >= 15 is 0 Å². The van der Waals surface area contributed by atoms with Crippen LogP contribution in [0.1, 0.15) is 36.6 Å². The molecule has 0 bridgehead atoms. The number of aromatic nitrogens is 2. The highest BCUT2D eigenvalue weighted by Crippen LogP contribution is 2.27. The molecule has 5 rings (SSSR count). The maximum atomic E-state index is 14.9. The van der Waals surface area contributed by atoms with Gasteiger partial charge in [0.2, 0.25) is 0 Å². The van der Waals surface area contributed by atoms with Crippen molar-refractivity contribution in [3.63, 3.8) is 0 Å². The number of rotatable bonds is 16. The number of aromatic amines is 1. The van der Waals surface area contributed by atoms with Gasteiger partial charge in [0.1, 0.15) is 17.9 Å². The molecule has 0 unspecified atom stereocenters. The van der Waals surface area contributed by atoms with Crippen molar-refractivity contribution in [3.05, 3.63) is 94.7 Å². The first kappa shape index (κ1) is 33.6. The number of ketones is 1. The molecule has 2 heterocycles. The Morgan fingerprint density at radius 1 is 0.809 bits per heavy atom. The fraction of sp³-hybridized carbons (Fsp3) is 0.333. The number of nitrogens with zero attached hydrogens (tertiary/aromatic N) is 1. The number of H-pyrrole nitrogens is 1. The molecule has 14 heteroatoms. The molecule has 47 heavy (non-hydrogen) atoms. The van der Waals surface area contributed by atoms with E-state index in [1.807, 2.05) is 0 Å². The maximum absolute atomic E-state index is 14.9. The number of hydrogen-bond acceptors (Lipinski definition) is 9. The van der Waals surface area contributed by atoms with E-state index < -0.39 is 34.9 Å². The number of hydrogen-bond donors (Lipinski definition) is 4. The van der Waals surface area contributed by atoms with E-state index in [1.54, 1.807) is 31.5 Å². The highest BCUT2D eigenvalue weighted by Gasteiger charge is 2.30. The van der Waals surface area contributed by atoms with E-state index in [-0.39, 0.29) is 42.0 Å². The number of carbonyl (C=O) groups excluding carboxylic acids is 3. The first-order valence-corrected chi connectivity index (χ1v) is 15.0. The van der Waals surface area contributed by atoms with Gasteiger partial charge >= 0.3 is 0 Å². The van der Waals surface area contributed by atoms with Crippen LogP contribution >= 0.6 is 0 Å². The average molecular weight is 652 g/mol. The summed E-state index contributed by atoms with van der Waals surface area (Å²) in [4.78, 5) is 39.3. The summed E-state index contributed by atoms with van der Waals surface area (Å²) in [5, 5.41) is 16.7. The van der Waals surface area contributed by atoms with E-state index in [4.69, 9.17) is 18.9 Å². The summed E-state index contributed by atoms with van der Waals surface area (Å²) in [7, 11) is 1.57. The summed E-state index contributed by atoms with van der Waals surface area (Å²) < 4.78 is 50.2. The van der Waals surface area contributed by atoms with Gasteiger partial charge in [-0.15, -0.1) is 0 Å². The molecule has 1 aromatic heterocycles. The van der Waals surface area contributed by atoms with Crippen molar-refractivity contribution in [1.82, 2.24) is 26.1 Å². The van der Waals surface area contributed by atoms with Crippen molar-refractivity contribution in [1.29, 1.82) is 0 Å². The van der Waals surface area contributed by atoms with Gasteiger partial charge in [0.15, 0.2) is 17.4 Å². The van der Waals surface area contributed by atoms with E-state index in [0.29, 0.717) is 45.1 Å². The van der Waals surface area contributed by atoms with E-state index in [2.05, 4.69) is 26.1 Å². The molecule has 2 atom stereocenters. The van der Waals surface area contributed by atoms with Gasteiger partial charge in [-0.05, 0) is 36.4 Å². The number of benzene rings is 3. The SMILES string of the molecule is COCCOCCOCCOc1ccc(F)c(F)c1C(=O)c1ccc(C(=O)N[C@@H]2CNC[C@H]2NC(=O)c2ccc3cn[nH]c3c2)cc1. The maximum Gasteiger partial charge on any atom is 0.251 e. The topological polar surface area (TPSA) is 153 Å². The van der Waals surface area contributed by atoms with Crippen LogP contribution in [0.3, 0.4) is 0 Å². The molecule has 1 fully saturated rings. The molecule has 12 nitrogen and oxygen atoms in total. The highest BCUT2D eigenvalue weighted by atomic mass is 19.2. The minimum atomic E-state index is -1.34. The molecular formula is C33H35F2N5O7. The monoisotopic (exact) mass is 651 g/mol. The van der Waals surface area contributed by atoms with Gasteiger partial charge in [-0.1, -0.05) is 18.2 Å². The lowest BCUT2D eigenvalue weighted by molar-refractivity contribution is 0.0179. The molecule has 0 radical (unpaired) electrons. The second-order valence-electron chi connectivity index (χ2n) is 10.7. The van der Waals surface area contributed by atoms with Crippen LogP contribution in [0.15, 0.2) is 60.8 Å². The molecule has 4 N–H and O–H groups in total. The lowest BCUT2D eigenvalue weighted by atomic mass is 10.00. The summed E-state index contributed by atoms with van der Waals surface area (Å²) in [5.41, 5.74) is 0.895. The standard InChI is InChI=1S/C33H35F2N5O7/c1-44-10-11-45-12-13-46-14-15-47-28-9-8-24(34)30(35)29(28)31(41)20-2-4-21(5-3-20)32(42)38-26-18-36-19-27(26)39-33(43)22-6-7-23-17-37-40-25(23)16-22/h2-9,16-17,26-27,36H,10-15,18-19H2,1H3,(H,37,40)(H,38,42)(H,39,43)/t26-,27-/m1/s1. The number of halogens is 2. The molecule has 4 aromatic rings. The zero-order valence-electron chi connectivity index (χ0n) is 25.6. The predicted octanol–water partition coefficient (Wildman–Crippen LogP) is 2.63. The molecule has 0 saturated carbocycles. The Kier molecular flexibility index (Phi) is 11.6. The van der Waals surface area contributed by atoms with Gasteiger partial charge in [-0.25, -0.2) is 8.78 Å². The molecule has 1 saturated heterocycles. The van der Waals surface area contributed by atoms with Crippen LogP contribution in [0.25, 0.3) is 10.9 Å². The Bertz CT molecular complexity index is 1700. The number of ether oxygens (including phenoxy) is 4. The van der Waals surface area contributed by atoms with Crippen LogP contribution in [0.4, 0.5) is 8.78 Å². The minimum absolute atomic E-state index is 0.0144. The van der Waals surface area contributed by atoms with Gasteiger partial charge < -0.3 is 34.9 Å². The Labute approximate surface area is 269 Å². The number of amides is 2. The Morgan fingerprint density at radius 2 is 1.43 bits per heavy atom. The summed E-state index contributed by atoms with van der Waals surface area (Å²) in [5.74, 6) is -4.21. The third kappa shape index (κ3) is 8.54. The Balaban J connectivity index is 1.16. The molecule has 0 aliphatic carbocycles. The zero-order chi connectivity index (χ0) is 33.2. The van der Waals surface area contributed by atoms with Gasteiger partial charge in [0.05, 0.1) is 56.8 Å². The number of fused-ring (bicyclic) bond motifs is 1. The summed E-state index contributed by atoms with van der Waals surface area (Å²) in [6.07, 6.45) is 1.67. The van der Waals surface area contributed by atoms with Crippen LogP contribution in [0.2, 0.25) is 0 Å². The lowest BCUT2D eigenvalue weighted by Crippen LogP contribution is -2.51. The van der Waals surface area contributed by atoms with Crippen molar-refractivity contribution in [2.24, 2.45) is 0 Å². The fourth-order valence-corrected chi connectivity index (χ4v) is 5.02. The Hall–Kier alpha value is -4.76. The van der Waals surface area contributed by atoms with Crippen LogP contribution in [-0.4, -0.2) is 99.7 Å². The van der Waals surface area contributed by atoms with Gasteiger partial charge in [0.25, 0.3) is 11.8 Å². The second kappa shape index (κ2) is 16.2. The van der Waals surface area contributed by atoms with Crippen molar-refractivity contribution < 1.29 is 42.1 Å². The van der Waals surface area contributed by atoms with Crippen LogP contribution in [-0.2, 0) is 14.2 Å². The Morgan fingerprint density at radius 3 is 2.13 bits per heavy atom. The molecule has 3 aromatic carbocycles. The van der Waals surface area contributed by atoms with Crippen molar-refractivity contribution >= 4 is 28.5 Å². The van der Waals surface area contributed by atoms with E-state index in [1.165, 1.54) is 30.3 Å². The normalized spacial score (nSPS) is 15.9. The molecule has 1 aliphatic rings. The second-order valence-corrected chi connectivity index (χ2v) is 10.7. The van der Waals surface area contributed by atoms with Crippen molar-refractivity contribution in [2.75, 3.05) is 59.8 Å². The third-order valence-corrected chi connectivity index (χ3v) is 7.53.